The molecule has 4 saturated carbocycles. The van der Waals surface area contributed by atoms with Gasteiger partial charge in [0.15, 0.2) is 0 Å². The number of amides is 1. The zero-order valence-corrected chi connectivity index (χ0v) is 42.7. The first-order valence-corrected chi connectivity index (χ1v) is 25.4. The maximum absolute atomic E-state index is 12.4. The van der Waals surface area contributed by atoms with Crippen molar-refractivity contribution >= 4 is 102 Å². The normalized spacial score (nSPS) is 16.4. The van der Waals surface area contributed by atoms with E-state index in [4.69, 9.17) is 51.5 Å². The number of aliphatic hydroxyl groups excluding tert-OH is 2. The topological polar surface area (TPSA) is 198 Å². The summed E-state index contributed by atoms with van der Waals surface area (Å²) in [5.74, 6) is 6.87. The highest BCUT2D eigenvalue weighted by Crippen LogP contribution is 2.36. The van der Waals surface area contributed by atoms with Crippen LogP contribution in [0, 0.1) is 11.8 Å². The van der Waals surface area contributed by atoms with Gasteiger partial charge in [0.1, 0.15) is 35.2 Å². The lowest BCUT2D eigenvalue weighted by Gasteiger charge is -2.18. The molecule has 0 aromatic carbocycles. The maximum Gasteiger partial charge on any atom is 0.270 e. The van der Waals surface area contributed by atoms with Crippen molar-refractivity contribution in [3.8, 4) is 11.8 Å². The van der Waals surface area contributed by atoms with Crippen LogP contribution in [0.3, 0.4) is 0 Å². The largest absolute Gasteiger partial charge is 0.390 e. The third kappa shape index (κ3) is 13.5. The van der Waals surface area contributed by atoms with E-state index in [1.807, 2.05) is 12.1 Å². The molecule has 0 spiro atoms. The molecule has 4 aliphatic carbocycles. The first kappa shape index (κ1) is 51.4. The molecule has 6 heterocycles. The second kappa shape index (κ2) is 24.9. The summed E-state index contributed by atoms with van der Waals surface area (Å²) >= 11 is 26.7. The van der Waals surface area contributed by atoms with E-state index in [0.717, 1.165) is 76.6 Å². The average molecular weight is 1070 g/mol. The van der Waals surface area contributed by atoms with E-state index in [1.165, 1.54) is 64.2 Å². The third-order valence-electron chi connectivity index (χ3n) is 12.5. The average Bonchev–Trinajstić information content (AvgIpc) is 4.20. The van der Waals surface area contributed by atoms with Crippen molar-refractivity contribution in [3.63, 3.8) is 0 Å². The molecule has 4 fully saturated rings. The summed E-state index contributed by atoms with van der Waals surface area (Å²) < 4.78 is 5.06. The van der Waals surface area contributed by atoms with Gasteiger partial charge >= 0.3 is 0 Å². The zero-order valence-electron chi connectivity index (χ0n) is 38.1. The van der Waals surface area contributed by atoms with Crippen LogP contribution in [0.5, 0.6) is 0 Å². The molecule has 16 nitrogen and oxygen atoms in total. The van der Waals surface area contributed by atoms with Gasteiger partial charge in [0.05, 0.1) is 16.6 Å². The Kier molecular flexibility index (Phi) is 18.9. The molecular weight excluding hydrogens is 1020 g/mol. The van der Waals surface area contributed by atoms with E-state index in [9.17, 15) is 9.90 Å². The highest BCUT2D eigenvalue weighted by molar-refractivity contribution is 9.10. The van der Waals surface area contributed by atoms with Gasteiger partial charge in [-0.1, -0.05) is 63.2 Å². The first-order valence-electron chi connectivity index (χ1n) is 23.1. The highest BCUT2D eigenvalue weighted by atomic mass is 79.9. The van der Waals surface area contributed by atoms with Crippen molar-refractivity contribution in [2.75, 3.05) is 31.3 Å². The molecule has 6 aromatic heterocycles. The Morgan fingerprint density at radius 2 is 1.12 bits per heavy atom. The number of hydrogen-bond donors (Lipinski definition) is 4. The van der Waals surface area contributed by atoms with Crippen LogP contribution in [0.4, 0.5) is 11.6 Å². The molecule has 0 aliphatic heterocycles. The molecule has 21 heteroatoms. The number of nitrogens with one attached hydrogen (secondary N) is 2. The van der Waals surface area contributed by atoms with Gasteiger partial charge in [-0.15, -0.1) is 0 Å². The van der Waals surface area contributed by atoms with E-state index in [2.05, 4.69) is 87.4 Å². The first-order chi connectivity index (χ1) is 32.9. The predicted molar refractivity (Wildman–Crippen MR) is 272 cm³/mol. The minimum Gasteiger partial charge on any atom is -0.390 e. The Bertz CT molecular complexity index is 2700. The lowest BCUT2D eigenvalue weighted by Crippen LogP contribution is -2.25. The summed E-state index contributed by atoms with van der Waals surface area (Å²) in [6.07, 6.45) is 25.8. The van der Waals surface area contributed by atoms with Crippen LogP contribution in [0.25, 0.3) is 22.1 Å². The zero-order chi connectivity index (χ0) is 48.2. The number of hydrogen-bond acceptors (Lipinski definition) is 13. The summed E-state index contributed by atoms with van der Waals surface area (Å²) in [5, 5.41) is 27.6. The number of rotatable bonds is 8. The fourth-order valence-corrected chi connectivity index (χ4v) is 10.1. The molecule has 10 rings (SSSR count). The molecule has 4 N–H and O–H groups in total. The van der Waals surface area contributed by atoms with Gasteiger partial charge in [0.2, 0.25) is 21.1 Å². The molecular formula is C47H56BrCl4N13O3. The summed E-state index contributed by atoms with van der Waals surface area (Å²) in [5.41, 5.74) is 3.87. The number of carbonyl (C=O) groups excluding carboxylic acids is 1. The lowest BCUT2D eigenvalue weighted by atomic mass is 10.2. The molecule has 0 unspecified atom stereocenters. The minimum atomic E-state index is -0.175. The third-order valence-corrected chi connectivity index (χ3v) is 13.8. The molecule has 0 bridgehead atoms. The summed E-state index contributed by atoms with van der Waals surface area (Å²) in [6.45, 7) is -0.143. The van der Waals surface area contributed by atoms with Crippen molar-refractivity contribution in [2.45, 2.75) is 134 Å². The molecule has 0 saturated heterocycles. The fourth-order valence-electron chi connectivity index (χ4n) is 9.32. The summed E-state index contributed by atoms with van der Waals surface area (Å²) in [4.78, 5) is 46.7. The minimum absolute atomic E-state index is 0.00831. The molecule has 4 aliphatic rings. The van der Waals surface area contributed by atoms with Crippen LogP contribution in [0.2, 0.25) is 21.1 Å². The van der Waals surface area contributed by atoms with E-state index in [1.54, 1.807) is 43.8 Å². The van der Waals surface area contributed by atoms with Crippen molar-refractivity contribution in [2.24, 2.45) is 0 Å². The van der Waals surface area contributed by atoms with E-state index in [-0.39, 0.29) is 40.3 Å². The maximum atomic E-state index is 12.4. The van der Waals surface area contributed by atoms with Crippen molar-refractivity contribution in [1.82, 2.24) is 53.9 Å². The quantitative estimate of drug-likeness (QED) is 0.0830. The van der Waals surface area contributed by atoms with Crippen LogP contribution in [0.1, 0.15) is 137 Å². The number of nitrogens with zero attached hydrogens (tertiary/aromatic N) is 11. The summed E-state index contributed by atoms with van der Waals surface area (Å²) in [6, 6.07) is 5.57. The Labute approximate surface area is 424 Å². The fraction of sp³-hybridized carbons (Fsp3) is 0.511. The van der Waals surface area contributed by atoms with Gasteiger partial charge < -0.3 is 34.9 Å². The van der Waals surface area contributed by atoms with E-state index in [0.29, 0.717) is 41.2 Å². The second-order valence-electron chi connectivity index (χ2n) is 17.4. The Hall–Kier alpha value is -4.41. The van der Waals surface area contributed by atoms with Crippen LogP contribution < -0.4 is 10.6 Å². The van der Waals surface area contributed by atoms with Crippen molar-refractivity contribution in [1.29, 1.82) is 0 Å². The smallest absolute Gasteiger partial charge is 0.270 e. The van der Waals surface area contributed by atoms with Crippen LogP contribution in [-0.2, 0) is 6.61 Å². The van der Waals surface area contributed by atoms with Crippen LogP contribution in [0.15, 0.2) is 41.4 Å². The second-order valence-corrected chi connectivity index (χ2v) is 19.6. The van der Waals surface area contributed by atoms with Gasteiger partial charge in [0.25, 0.3) is 5.91 Å². The SMILES string of the molecule is CN(C)C(=O)c1cc2cnc(Cl)nc2n1C1CCCC1.Clc1ncc(Br)c(NC2CCCC2)n1.OCC#Cc1cnc(Cl)nc1NC1CCCC1.OCc1cc2cnc(Cl)nc2n1C1CCCC1. The number of aromatic nitrogens is 10. The van der Waals surface area contributed by atoms with Gasteiger partial charge in [-0.05, 0) is 126 Å². The Morgan fingerprint density at radius 3 is 1.66 bits per heavy atom. The molecule has 0 radical (unpaired) electrons. The Balaban J connectivity index is 0.000000135. The molecule has 68 heavy (non-hydrogen) atoms. The number of carbonyl (C=O) groups is 1. The molecule has 0 atom stereocenters. The van der Waals surface area contributed by atoms with Gasteiger partial charge in [-0.25, -0.2) is 19.9 Å². The summed E-state index contributed by atoms with van der Waals surface area (Å²) in [7, 11) is 3.52. The van der Waals surface area contributed by atoms with E-state index < -0.39 is 0 Å². The number of aliphatic hydroxyl groups is 2. The highest BCUT2D eigenvalue weighted by Gasteiger charge is 2.27. The number of anilines is 2. The van der Waals surface area contributed by atoms with Crippen LogP contribution >= 0.6 is 62.3 Å². The number of fused-ring (bicyclic) bond motifs is 2. The molecule has 6 aromatic rings. The standard InChI is InChI=1S/C14H17ClN4O.2C12H14ClN3O.C9H11BrClN3/c1-18(2)13(20)11-7-9-8-16-14(15)17-12(9)19(11)10-5-3-4-6-10;13-12-14-6-8-5-10(7-17)16(11(8)15-12)9-3-1-2-4-9;13-12-14-8-9(4-3-7-17)11(16-12)15-10-5-1-2-6-10;10-7-5-12-9(11)14-8(7)13-6-3-1-2-4-6/h7-8,10H,3-6H2,1-2H3;5-6,9,17H,1-4,7H2;8,10,17H,1-2,5-7H2,(H,14,15,16);5-6H,1-4H2,(H,12,13,14). The van der Waals surface area contributed by atoms with Gasteiger partial charge in [0, 0.05) is 79.5 Å². The predicted octanol–water partition coefficient (Wildman–Crippen LogP) is 10.7. The van der Waals surface area contributed by atoms with Crippen molar-refractivity contribution < 1.29 is 15.0 Å². The lowest BCUT2D eigenvalue weighted by molar-refractivity contribution is 0.0815. The van der Waals surface area contributed by atoms with E-state index >= 15 is 0 Å². The van der Waals surface area contributed by atoms with Crippen molar-refractivity contribution in [3.05, 3.63) is 79.5 Å². The van der Waals surface area contributed by atoms with Gasteiger partial charge in [-0.3, -0.25) is 4.79 Å². The van der Waals surface area contributed by atoms with Gasteiger partial charge in [-0.2, -0.15) is 19.9 Å². The number of halogens is 5. The molecule has 362 valence electrons. The van der Waals surface area contributed by atoms with Crippen LogP contribution in [-0.4, -0.2) is 103 Å². The Morgan fingerprint density at radius 1 is 0.662 bits per heavy atom. The molecule has 1 amide bonds. The monoisotopic (exact) mass is 1070 g/mol.